The molecule has 11 heavy (non-hydrogen) atoms. The van der Waals surface area contributed by atoms with Gasteiger partial charge >= 0.3 is 0 Å². The molecule has 0 heterocycles. The van der Waals surface area contributed by atoms with E-state index in [1.807, 2.05) is 0 Å². The second-order valence-electron chi connectivity index (χ2n) is 3.35. The van der Waals surface area contributed by atoms with Gasteiger partial charge in [-0.2, -0.15) is 0 Å². The Bertz CT molecular complexity index is 209. The van der Waals surface area contributed by atoms with Gasteiger partial charge in [-0.05, 0) is 38.8 Å². The number of allylic oxidation sites excluding steroid dienone is 2. The van der Waals surface area contributed by atoms with Gasteiger partial charge in [-0.1, -0.05) is 11.1 Å². The fraction of sp³-hybridized carbons (Fsp3) is 0.600. The predicted molar refractivity (Wildman–Crippen MR) is 47.3 cm³/mol. The Labute approximate surface area is 68.4 Å². The van der Waals surface area contributed by atoms with Gasteiger partial charge in [0.15, 0.2) is 0 Å². The largest absolute Gasteiger partial charge is 0.395 e. The van der Waals surface area contributed by atoms with Gasteiger partial charge in [-0.15, -0.1) is 0 Å². The zero-order chi connectivity index (χ0) is 8.59. The summed E-state index contributed by atoms with van der Waals surface area (Å²) in [6, 6.07) is 0. The van der Waals surface area contributed by atoms with E-state index in [0.717, 1.165) is 0 Å². The van der Waals surface area contributed by atoms with Crippen LogP contribution in [-0.2, 0) is 0 Å². The molecule has 0 amide bonds. The molecule has 1 nitrogen and oxygen atoms in total. The summed E-state index contributed by atoms with van der Waals surface area (Å²) in [5.74, 6) is 0.301. The normalized spacial score (nSPS) is 20.5. The van der Waals surface area contributed by atoms with E-state index >= 15 is 0 Å². The standard InChI is InChI=1S/C10H16O/c1-6-7(2)9(4)10(5-11)8(6)3/h10-11H,5H2,1-4H3. The van der Waals surface area contributed by atoms with Crippen LogP contribution in [0.15, 0.2) is 22.3 Å². The van der Waals surface area contributed by atoms with Crippen molar-refractivity contribution in [1.29, 1.82) is 0 Å². The summed E-state index contributed by atoms with van der Waals surface area (Å²) >= 11 is 0. The molecule has 1 aliphatic carbocycles. The van der Waals surface area contributed by atoms with Crippen molar-refractivity contribution >= 4 is 0 Å². The molecule has 1 rings (SSSR count). The fourth-order valence-corrected chi connectivity index (χ4v) is 1.71. The highest BCUT2D eigenvalue weighted by Gasteiger charge is 2.22. The molecule has 0 unspecified atom stereocenters. The zero-order valence-corrected chi connectivity index (χ0v) is 7.73. The quantitative estimate of drug-likeness (QED) is 0.611. The molecule has 0 aliphatic heterocycles. The topological polar surface area (TPSA) is 20.2 Å². The van der Waals surface area contributed by atoms with Crippen molar-refractivity contribution in [3.8, 4) is 0 Å². The molecule has 0 atom stereocenters. The number of hydrogen-bond donors (Lipinski definition) is 1. The maximum atomic E-state index is 9.07. The third-order valence-electron chi connectivity index (χ3n) is 2.97. The van der Waals surface area contributed by atoms with Crippen molar-refractivity contribution in [2.45, 2.75) is 27.7 Å². The Morgan fingerprint density at radius 1 is 1.00 bits per heavy atom. The number of rotatable bonds is 1. The van der Waals surface area contributed by atoms with E-state index in [9.17, 15) is 0 Å². The molecule has 0 saturated heterocycles. The van der Waals surface area contributed by atoms with Crippen molar-refractivity contribution < 1.29 is 5.11 Å². The lowest BCUT2D eigenvalue weighted by atomic mass is 9.98. The third kappa shape index (κ3) is 1.14. The van der Waals surface area contributed by atoms with Crippen LogP contribution in [0.4, 0.5) is 0 Å². The lowest BCUT2D eigenvalue weighted by Crippen LogP contribution is -2.05. The van der Waals surface area contributed by atoms with E-state index in [4.69, 9.17) is 5.11 Å². The average Bonchev–Trinajstić information content (AvgIpc) is 2.17. The average molecular weight is 152 g/mol. The van der Waals surface area contributed by atoms with Crippen molar-refractivity contribution in [2.24, 2.45) is 5.92 Å². The first kappa shape index (κ1) is 8.54. The second kappa shape index (κ2) is 2.82. The first-order chi connectivity index (χ1) is 5.09. The molecule has 0 saturated carbocycles. The molecular formula is C10H16O. The highest BCUT2D eigenvalue weighted by Crippen LogP contribution is 2.35. The Morgan fingerprint density at radius 3 is 1.55 bits per heavy atom. The van der Waals surface area contributed by atoms with Crippen LogP contribution in [0.5, 0.6) is 0 Å². The van der Waals surface area contributed by atoms with Crippen molar-refractivity contribution in [1.82, 2.24) is 0 Å². The van der Waals surface area contributed by atoms with Gasteiger partial charge in [0.1, 0.15) is 0 Å². The van der Waals surface area contributed by atoms with Crippen LogP contribution in [0.25, 0.3) is 0 Å². The molecule has 0 aromatic rings. The van der Waals surface area contributed by atoms with Gasteiger partial charge in [-0.3, -0.25) is 0 Å². The van der Waals surface area contributed by atoms with Crippen LogP contribution in [0.3, 0.4) is 0 Å². The summed E-state index contributed by atoms with van der Waals surface area (Å²) < 4.78 is 0. The monoisotopic (exact) mass is 152 g/mol. The Kier molecular flexibility index (Phi) is 2.19. The van der Waals surface area contributed by atoms with Crippen LogP contribution in [-0.4, -0.2) is 11.7 Å². The first-order valence-corrected chi connectivity index (χ1v) is 4.05. The molecule has 1 N–H and O–H groups in total. The maximum absolute atomic E-state index is 9.07. The van der Waals surface area contributed by atoms with Crippen LogP contribution >= 0.6 is 0 Å². The van der Waals surface area contributed by atoms with E-state index in [-0.39, 0.29) is 6.61 Å². The molecule has 62 valence electrons. The minimum Gasteiger partial charge on any atom is -0.395 e. The number of aliphatic hydroxyl groups excluding tert-OH is 1. The molecule has 0 aromatic carbocycles. The zero-order valence-electron chi connectivity index (χ0n) is 7.73. The highest BCUT2D eigenvalue weighted by molar-refractivity contribution is 5.46. The van der Waals surface area contributed by atoms with Gasteiger partial charge in [0.25, 0.3) is 0 Å². The summed E-state index contributed by atoms with van der Waals surface area (Å²) in [5.41, 5.74) is 5.40. The Balaban J connectivity index is 3.04. The third-order valence-corrected chi connectivity index (χ3v) is 2.97. The molecule has 0 spiro atoms. The minimum atomic E-state index is 0.256. The minimum absolute atomic E-state index is 0.256. The highest BCUT2D eigenvalue weighted by atomic mass is 16.3. The summed E-state index contributed by atoms with van der Waals surface area (Å²) in [4.78, 5) is 0. The van der Waals surface area contributed by atoms with Crippen LogP contribution in [0.1, 0.15) is 27.7 Å². The second-order valence-corrected chi connectivity index (χ2v) is 3.35. The predicted octanol–water partition coefficient (Wildman–Crippen LogP) is 2.28. The van der Waals surface area contributed by atoms with Crippen LogP contribution in [0, 0.1) is 5.92 Å². The summed E-state index contributed by atoms with van der Waals surface area (Å²) in [5, 5.41) is 9.07. The Hall–Kier alpha value is -0.560. The van der Waals surface area contributed by atoms with Gasteiger partial charge in [0, 0.05) is 5.92 Å². The van der Waals surface area contributed by atoms with E-state index in [1.165, 1.54) is 22.3 Å². The lowest BCUT2D eigenvalue weighted by molar-refractivity contribution is 0.264. The first-order valence-electron chi connectivity index (χ1n) is 4.05. The molecule has 0 aromatic heterocycles. The molecule has 0 fully saturated rings. The molecule has 1 aliphatic rings. The molecule has 0 bridgehead atoms. The van der Waals surface area contributed by atoms with Crippen LogP contribution in [0.2, 0.25) is 0 Å². The lowest BCUT2D eigenvalue weighted by Gasteiger charge is -2.09. The van der Waals surface area contributed by atoms with Crippen molar-refractivity contribution in [3.63, 3.8) is 0 Å². The van der Waals surface area contributed by atoms with E-state index in [1.54, 1.807) is 0 Å². The number of aliphatic hydroxyl groups is 1. The van der Waals surface area contributed by atoms with E-state index < -0.39 is 0 Å². The summed E-state index contributed by atoms with van der Waals surface area (Å²) in [6.07, 6.45) is 0. The van der Waals surface area contributed by atoms with Gasteiger partial charge < -0.3 is 5.11 Å². The summed E-state index contributed by atoms with van der Waals surface area (Å²) in [7, 11) is 0. The van der Waals surface area contributed by atoms with E-state index in [0.29, 0.717) is 5.92 Å². The van der Waals surface area contributed by atoms with Gasteiger partial charge in [-0.25, -0.2) is 0 Å². The molecule has 1 heteroatoms. The van der Waals surface area contributed by atoms with Gasteiger partial charge in [0.2, 0.25) is 0 Å². The van der Waals surface area contributed by atoms with Crippen molar-refractivity contribution in [2.75, 3.05) is 6.61 Å². The van der Waals surface area contributed by atoms with E-state index in [2.05, 4.69) is 27.7 Å². The van der Waals surface area contributed by atoms with Crippen LogP contribution < -0.4 is 0 Å². The fourth-order valence-electron chi connectivity index (χ4n) is 1.71. The maximum Gasteiger partial charge on any atom is 0.0534 e. The summed E-state index contributed by atoms with van der Waals surface area (Å²) in [6.45, 7) is 8.73. The molecular weight excluding hydrogens is 136 g/mol. The van der Waals surface area contributed by atoms with Crippen molar-refractivity contribution in [3.05, 3.63) is 22.3 Å². The SMILES string of the molecule is CC1=C(C)C(CO)C(C)=C1C. The molecule has 0 radical (unpaired) electrons. The Morgan fingerprint density at radius 2 is 1.36 bits per heavy atom. The smallest absolute Gasteiger partial charge is 0.0534 e. The number of hydrogen-bond acceptors (Lipinski definition) is 1. The van der Waals surface area contributed by atoms with Gasteiger partial charge in [0.05, 0.1) is 6.61 Å².